The van der Waals surface area contributed by atoms with E-state index in [0.29, 0.717) is 0 Å². The fourth-order valence-electron chi connectivity index (χ4n) is 1.34. The lowest BCUT2D eigenvalue weighted by Gasteiger charge is -2.25. The second kappa shape index (κ2) is 5.08. The summed E-state index contributed by atoms with van der Waals surface area (Å²) < 4.78 is 0. The molecule has 0 aliphatic rings. The molecule has 0 unspecified atom stereocenters. The molecule has 1 aromatic rings. The number of hydrogen-bond donors (Lipinski definition) is 2. The first-order valence-corrected chi connectivity index (χ1v) is 4.93. The quantitative estimate of drug-likeness (QED) is 0.737. The molecule has 78 valence electrons. The van der Waals surface area contributed by atoms with Crippen molar-refractivity contribution in [2.24, 2.45) is 0 Å². The number of pyridine rings is 1. The number of nitrogens with zero attached hydrogens (tertiary/aromatic N) is 1. The van der Waals surface area contributed by atoms with E-state index in [1.807, 2.05) is 31.4 Å². The molecule has 1 aromatic heterocycles. The van der Waals surface area contributed by atoms with Crippen LogP contribution < -0.4 is 10.6 Å². The zero-order chi connectivity index (χ0) is 10.4. The molecule has 0 spiro atoms. The van der Waals surface area contributed by atoms with Crippen LogP contribution >= 0.6 is 0 Å². The van der Waals surface area contributed by atoms with Gasteiger partial charge < -0.3 is 10.6 Å². The van der Waals surface area contributed by atoms with E-state index < -0.39 is 0 Å². The van der Waals surface area contributed by atoms with Gasteiger partial charge in [-0.1, -0.05) is 6.07 Å². The van der Waals surface area contributed by atoms with Crippen molar-refractivity contribution in [1.82, 2.24) is 15.6 Å². The zero-order valence-corrected chi connectivity index (χ0v) is 9.17. The summed E-state index contributed by atoms with van der Waals surface area (Å²) in [6.45, 7) is 6.11. The van der Waals surface area contributed by atoms with E-state index >= 15 is 0 Å². The van der Waals surface area contributed by atoms with E-state index in [0.717, 1.165) is 18.8 Å². The highest BCUT2D eigenvalue weighted by Crippen LogP contribution is 2.02. The summed E-state index contributed by atoms with van der Waals surface area (Å²) in [5.74, 6) is 0. The van der Waals surface area contributed by atoms with Crippen LogP contribution in [-0.2, 0) is 6.54 Å². The Kier molecular flexibility index (Phi) is 4.04. The maximum absolute atomic E-state index is 4.26. The third-order valence-electron chi connectivity index (χ3n) is 2.09. The molecule has 1 heterocycles. The average molecular weight is 193 g/mol. The third kappa shape index (κ3) is 3.85. The number of rotatable bonds is 5. The Morgan fingerprint density at radius 2 is 2.14 bits per heavy atom. The highest BCUT2D eigenvalue weighted by atomic mass is 15.0. The molecular formula is C11H19N3. The van der Waals surface area contributed by atoms with Crippen molar-refractivity contribution < 1.29 is 0 Å². The summed E-state index contributed by atoms with van der Waals surface area (Å²) in [7, 11) is 1.96. The maximum atomic E-state index is 4.26. The van der Waals surface area contributed by atoms with E-state index in [-0.39, 0.29) is 5.54 Å². The van der Waals surface area contributed by atoms with E-state index in [2.05, 4.69) is 29.5 Å². The highest BCUT2D eigenvalue weighted by molar-refractivity contribution is 5.03. The van der Waals surface area contributed by atoms with Crippen LogP contribution in [0.4, 0.5) is 0 Å². The van der Waals surface area contributed by atoms with Crippen molar-refractivity contribution in [3.63, 3.8) is 0 Å². The molecule has 14 heavy (non-hydrogen) atoms. The molecule has 0 aliphatic carbocycles. The first kappa shape index (κ1) is 11.1. The van der Waals surface area contributed by atoms with E-state index in [1.165, 1.54) is 0 Å². The summed E-state index contributed by atoms with van der Waals surface area (Å²) in [4.78, 5) is 4.26. The molecule has 3 heteroatoms. The van der Waals surface area contributed by atoms with Crippen LogP contribution in [0.5, 0.6) is 0 Å². The molecule has 0 fully saturated rings. The van der Waals surface area contributed by atoms with Crippen LogP contribution in [0.15, 0.2) is 24.4 Å². The van der Waals surface area contributed by atoms with Crippen molar-refractivity contribution in [2.45, 2.75) is 25.9 Å². The molecule has 0 amide bonds. The lowest BCUT2D eigenvalue weighted by atomic mass is 10.1. The van der Waals surface area contributed by atoms with Gasteiger partial charge in [0.2, 0.25) is 0 Å². The van der Waals surface area contributed by atoms with E-state index in [4.69, 9.17) is 0 Å². The number of likely N-dealkylation sites (N-methyl/N-ethyl adjacent to an activating group) is 1. The Bertz CT molecular complexity index is 256. The molecule has 0 atom stereocenters. The van der Waals surface area contributed by atoms with Gasteiger partial charge in [-0.25, -0.2) is 0 Å². The topological polar surface area (TPSA) is 37.0 Å². The molecule has 0 aromatic carbocycles. The monoisotopic (exact) mass is 193 g/mol. The zero-order valence-electron chi connectivity index (χ0n) is 9.17. The van der Waals surface area contributed by atoms with Crippen LogP contribution in [0.1, 0.15) is 19.5 Å². The van der Waals surface area contributed by atoms with Gasteiger partial charge >= 0.3 is 0 Å². The van der Waals surface area contributed by atoms with Crippen molar-refractivity contribution in [3.05, 3.63) is 30.1 Å². The molecule has 0 radical (unpaired) electrons. The minimum atomic E-state index is 0.103. The molecule has 2 N–H and O–H groups in total. The number of aromatic nitrogens is 1. The molecule has 0 bridgehead atoms. The largest absolute Gasteiger partial charge is 0.318 e. The van der Waals surface area contributed by atoms with Crippen molar-refractivity contribution in [2.75, 3.05) is 13.6 Å². The Labute approximate surface area is 85.9 Å². The lowest BCUT2D eigenvalue weighted by Crippen LogP contribution is -2.46. The molecule has 3 nitrogen and oxygen atoms in total. The van der Waals surface area contributed by atoms with Gasteiger partial charge in [-0.15, -0.1) is 0 Å². The lowest BCUT2D eigenvalue weighted by molar-refractivity contribution is 0.372. The van der Waals surface area contributed by atoms with Crippen LogP contribution in [0.2, 0.25) is 0 Å². The van der Waals surface area contributed by atoms with Gasteiger partial charge in [0.05, 0.1) is 5.69 Å². The summed E-state index contributed by atoms with van der Waals surface area (Å²) >= 11 is 0. The highest BCUT2D eigenvalue weighted by Gasteiger charge is 2.15. The Balaban J connectivity index is 2.40. The SMILES string of the molecule is CNCC(C)(C)NCc1ccccn1. The van der Waals surface area contributed by atoms with Crippen molar-refractivity contribution >= 4 is 0 Å². The minimum Gasteiger partial charge on any atom is -0.318 e. The average Bonchev–Trinajstić information content (AvgIpc) is 2.17. The van der Waals surface area contributed by atoms with E-state index in [9.17, 15) is 0 Å². The fraction of sp³-hybridized carbons (Fsp3) is 0.545. The van der Waals surface area contributed by atoms with Crippen molar-refractivity contribution in [1.29, 1.82) is 0 Å². The van der Waals surface area contributed by atoms with Gasteiger partial charge in [-0.2, -0.15) is 0 Å². The first-order chi connectivity index (χ1) is 6.64. The van der Waals surface area contributed by atoms with Crippen LogP contribution in [0.25, 0.3) is 0 Å². The fourth-order valence-corrected chi connectivity index (χ4v) is 1.34. The van der Waals surface area contributed by atoms with Gasteiger partial charge in [0.1, 0.15) is 0 Å². The molecular weight excluding hydrogens is 174 g/mol. The Hall–Kier alpha value is -0.930. The smallest absolute Gasteiger partial charge is 0.0541 e. The summed E-state index contributed by atoms with van der Waals surface area (Å²) in [6, 6.07) is 5.97. The maximum Gasteiger partial charge on any atom is 0.0541 e. The van der Waals surface area contributed by atoms with Gasteiger partial charge in [-0.05, 0) is 33.0 Å². The van der Waals surface area contributed by atoms with Crippen molar-refractivity contribution in [3.8, 4) is 0 Å². The summed E-state index contributed by atoms with van der Waals surface area (Å²) in [5.41, 5.74) is 1.18. The predicted molar refractivity (Wildman–Crippen MR) is 59.1 cm³/mol. The number of nitrogens with one attached hydrogen (secondary N) is 2. The standard InChI is InChI=1S/C11H19N3/c1-11(2,9-12-3)14-8-10-6-4-5-7-13-10/h4-7,12,14H,8-9H2,1-3H3. The molecule has 0 saturated heterocycles. The second-order valence-electron chi connectivity index (χ2n) is 4.09. The van der Waals surface area contributed by atoms with Gasteiger partial charge in [0.15, 0.2) is 0 Å². The summed E-state index contributed by atoms with van der Waals surface area (Å²) in [6.07, 6.45) is 1.82. The van der Waals surface area contributed by atoms with Crippen LogP contribution in [0, 0.1) is 0 Å². The van der Waals surface area contributed by atoms with Gasteiger partial charge in [0, 0.05) is 24.8 Å². The van der Waals surface area contributed by atoms with Crippen LogP contribution in [-0.4, -0.2) is 24.1 Å². The third-order valence-corrected chi connectivity index (χ3v) is 2.09. The first-order valence-electron chi connectivity index (χ1n) is 4.93. The second-order valence-corrected chi connectivity index (χ2v) is 4.09. The molecule has 0 aliphatic heterocycles. The molecule has 0 saturated carbocycles. The Morgan fingerprint density at radius 3 is 2.71 bits per heavy atom. The Morgan fingerprint density at radius 1 is 1.36 bits per heavy atom. The van der Waals surface area contributed by atoms with E-state index in [1.54, 1.807) is 0 Å². The van der Waals surface area contributed by atoms with Crippen LogP contribution in [0.3, 0.4) is 0 Å². The number of hydrogen-bond acceptors (Lipinski definition) is 3. The van der Waals surface area contributed by atoms with Gasteiger partial charge in [0.25, 0.3) is 0 Å². The minimum absolute atomic E-state index is 0.103. The van der Waals surface area contributed by atoms with Gasteiger partial charge in [-0.3, -0.25) is 4.98 Å². The summed E-state index contributed by atoms with van der Waals surface area (Å²) in [5, 5.41) is 6.61. The molecule has 1 rings (SSSR count). The predicted octanol–water partition coefficient (Wildman–Crippen LogP) is 1.17. The normalized spacial score (nSPS) is 11.6.